The molecule has 3 nitrogen and oxygen atoms in total. The van der Waals surface area contributed by atoms with Crippen LogP contribution in [-0.2, 0) is 6.42 Å². The Kier molecular flexibility index (Phi) is 3.40. The van der Waals surface area contributed by atoms with E-state index in [2.05, 4.69) is 10.3 Å². The number of hydrogen-bond donors (Lipinski definition) is 1. The normalized spacial score (nSPS) is 20.5. The lowest BCUT2D eigenvalue weighted by Crippen LogP contribution is -2.32. The van der Waals surface area contributed by atoms with Gasteiger partial charge < -0.3 is 5.32 Å². The highest BCUT2D eigenvalue weighted by molar-refractivity contribution is 6.21. The van der Waals surface area contributed by atoms with Gasteiger partial charge in [0.25, 0.3) is 5.91 Å². The van der Waals surface area contributed by atoms with Crippen molar-refractivity contribution in [3.8, 4) is 0 Å². The van der Waals surface area contributed by atoms with E-state index >= 15 is 0 Å². The summed E-state index contributed by atoms with van der Waals surface area (Å²) in [5.41, 5.74) is 2.09. The maximum atomic E-state index is 13.6. The maximum absolute atomic E-state index is 13.6. The average molecular weight is 291 g/mol. The van der Waals surface area contributed by atoms with Crippen molar-refractivity contribution in [1.29, 1.82) is 0 Å². The maximum Gasteiger partial charge on any atom is 0.254 e. The number of pyridine rings is 1. The molecule has 1 aliphatic carbocycles. The Morgan fingerprint density at radius 3 is 2.95 bits per heavy atom. The van der Waals surface area contributed by atoms with Crippen LogP contribution in [0.2, 0.25) is 0 Å². The third-order valence-corrected chi connectivity index (χ3v) is 3.88. The monoisotopic (exact) mass is 290 g/mol. The van der Waals surface area contributed by atoms with Gasteiger partial charge in [0.2, 0.25) is 0 Å². The minimum atomic E-state index is -0.637. The smallest absolute Gasteiger partial charge is 0.254 e. The second-order valence-electron chi connectivity index (χ2n) is 4.73. The number of halogens is 2. The number of benzene rings is 1. The number of aromatic nitrogens is 1. The van der Waals surface area contributed by atoms with Crippen LogP contribution in [0.5, 0.6) is 0 Å². The highest BCUT2D eigenvalue weighted by atomic mass is 35.5. The van der Waals surface area contributed by atoms with Crippen LogP contribution in [0.25, 0.3) is 0 Å². The Morgan fingerprint density at radius 2 is 2.15 bits per heavy atom. The molecule has 1 aliphatic rings. The molecule has 2 aromatic rings. The first-order valence-electron chi connectivity index (χ1n) is 6.29. The van der Waals surface area contributed by atoms with Gasteiger partial charge >= 0.3 is 0 Å². The summed E-state index contributed by atoms with van der Waals surface area (Å²) in [4.78, 5) is 15.8. The quantitative estimate of drug-likeness (QED) is 0.864. The minimum Gasteiger partial charge on any atom is -0.344 e. The fourth-order valence-electron chi connectivity index (χ4n) is 2.49. The molecule has 102 valence electrons. The summed E-state index contributed by atoms with van der Waals surface area (Å²) in [6, 6.07) is 8.83. The Balaban J connectivity index is 1.85. The fraction of sp³-hybridized carbons (Fsp3) is 0.200. The van der Waals surface area contributed by atoms with Gasteiger partial charge in [-0.3, -0.25) is 9.78 Å². The highest BCUT2D eigenvalue weighted by Crippen LogP contribution is 2.34. The minimum absolute atomic E-state index is 0.0201. The van der Waals surface area contributed by atoms with E-state index in [0.29, 0.717) is 6.42 Å². The highest BCUT2D eigenvalue weighted by Gasteiger charge is 2.32. The van der Waals surface area contributed by atoms with E-state index in [1.165, 1.54) is 12.3 Å². The molecular weight excluding hydrogens is 279 g/mol. The van der Waals surface area contributed by atoms with Crippen molar-refractivity contribution in [2.75, 3.05) is 0 Å². The van der Waals surface area contributed by atoms with Crippen LogP contribution in [-0.4, -0.2) is 16.3 Å². The van der Waals surface area contributed by atoms with E-state index in [1.54, 1.807) is 0 Å². The molecule has 20 heavy (non-hydrogen) atoms. The van der Waals surface area contributed by atoms with Crippen LogP contribution >= 0.6 is 11.6 Å². The van der Waals surface area contributed by atoms with E-state index in [-0.39, 0.29) is 17.0 Å². The molecule has 0 radical (unpaired) electrons. The van der Waals surface area contributed by atoms with Gasteiger partial charge in [-0.25, -0.2) is 4.39 Å². The van der Waals surface area contributed by atoms with Crippen LogP contribution in [0.3, 0.4) is 0 Å². The number of fused-ring (bicyclic) bond motifs is 1. The summed E-state index contributed by atoms with van der Waals surface area (Å²) in [6.45, 7) is 0. The van der Waals surface area contributed by atoms with E-state index in [0.717, 1.165) is 17.3 Å². The van der Waals surface area contributed by atoms with Crippen LogP contribution in [0.1, 0.15) is 27.5 Å². The standard InChI is InChI=1S/C15H12ClFN2O/c16-12-7-9-3-1-2-4-10(9)14(12)19-15(20)11-5-6-18-8-13(11)17/h1-6,8,12,14H,7H2,(H,19,20). The summed E-state index contributed by atoms with van der Waals surface area (Å²) in [5, 5.41) is 2.58. The number of amides is 1. The summed E-state index contributed by atoms with van der Waals surface area (Å²) >= 11 is 6.29. The van der Waals surface area contributed by atoms with Crippen LogP contribution in [0.15, 0.2) is 42.7 Å². The van der Waals surface area contributed by atoms with Gasteiger partial charge in [-0.2, -0.15) is 0 Å². The van der Waals surface area contributed by atoms with Crippen molar-refractivity contribution in [3.63, 3.8) is 0 Å². The number of carbonyl (C=O) groups excluding carboxylic acids is 1. The zero-order chi connectivity index (χ0) is 14.1. The van der Waals surface area contributed by atoms with Gasteiger partial charge in [0, 0.05) is 6.20 Å². The van der Waals surface area contributed by atoms with E-state index in [9.17, 15) is 9.18 Å². The van der Waals surface area contributed by atoms with Gasteiger partial charge in [-0.1, -0.05) is 24.3 Å². The van der Waals surface area contributed by atoms with E-state index in [4.69, 9.17) is 11.6 Å². The molecule has 0 aliphatic heterocycles. The second kappa shape index (κ2) is 5.21. The molecule has 1 heterocycles. The fourth-order valence-corrected chi connectivity index (χ4v) is 2.86. The first-order valence-corrected chi connectivity index (χ1v) is 6.72. The molecule has 2 atom stereocenters. The molecule has 5 heteroatoms. The molecule has 3 rings (SSSR count). The van der Waals surface area contributed by atoms with Crippen molar-refractivity contribution in [3.05, 3.63) is 65.2 Å². The Bertz CT molecular complexity index is 662. The predicted molar refractivity (Wildman–Crippen MR) is 74.2 cm³/mol. The molecule has 0 spiro atoms. The zero-order valence-corrected chi connectivity index (χ0v) is 11.3. The van der Waals surface area contributed by atoms with Crippen LogP contribution in [0.4, 0.5) is 4.39 Å². The topological polar surface area (TPSA) is 42.0 Å². The number of rotatable bonds is 2. The summed E-state index contributed by atoms with van der Waals surface area (Å²) in [6.07, 6.45) is 3.11. The van der Waals surface area contributed by atoms with E-state index in [1.807, 2.05) is 24.3 Å². The molecule has 0 saturated carbocycles. The van der Waals surface area contributed by atoms with E-state index < -0.39 is 11.7 Å². The number of carbonyl (C=O) groups is 1. The van der Waals surface area contributed by atoms with Crippen molar-refractivity contribution in [1.82, 2.24) is 10.3 Å². The molecule has 2 unspecified atom stereocenters. The van der Waals surface area contributed by atoms with Gasteiger partial charge in [0.15, 0.2) is 5.82 Å². The van der Waals surface area contributed by atoms with Crippen molar-refractivity contribution >= 4 is 17.5 Å². The lowest BCUT2D eigenvalue weighted by atomic mass is 10.1. The van der Waals surface area contributed by atoms with Crippen molar-refractivity contribution in [2.24, 2.45) is 0 Å². The van der Waals surface area contributed by atoms with Crippen molar-refractivity contribution < 1.29 is 9.18 Å². The van der Waals surface area contributed by atoms with Crippen LogP contribution < -0.4 is 5.32 Å². The third-order valence-electron chi connectivity index (χ3n) is 3.47. The summed E-state index contributed by atoms with van der Waals surface area (Å²) < 4.78 is 13.6. The SMILES string of the molecule is O=C(NC1c2ccccc2CC1Cl)c1ccncc1F. The first kappa shape index (κ1) is 13.1. The lowest BCUT2D eigenvalue weighted by Gasteiger charge is -2.17. The predicted octanol–water partition coefficient (Wildman–Crippen LogP) is 2.86. The zero-order valence-electron chi connectivity index (χ0n) is 10.5. The molecule has 0 fully saturated rings. The number of nitrogens with zero attached hydrogens (tertiary/aromatic N) is 1. The first-order chi connectivity index (χ1) is 9.66. The molecule has 1 aromatic carbocycles. The third kappa shape index (κ3) is 2.27. The molecule has 1 amide bonds. The van der Waals surface area contributed by atoms with Gasteiger partial charge in [0.05, 0.1) is 23.2 Å². The molecular formula is C15H12ClFN2O. The van der Waals surface area contributed by atoms with Gasteiger partial charge in [0.1, 0.15) is 0 Å². The summed E-state index contributed by atoms with van der Waals surface area (Å²) in [7, 11) is 0. The van der Waals surface area contributed by atoms with Crippen LogP contribution in [0, 0.1) is 5.82 Å². The molecule has 0 saturated heterocycles. The largest absolute Gasteiger partial charge is 0.344 e. The Morgan fingerprint density at radius 1 is 1.35 bits per heavy atom. The Hall–Kier alpha value is -1.94. The Labute approximate surface area is 120 Å². The van der Waals surface area contributed by atoms with Crippen molar-refractivity contribution in [2.45, 2.75) is 17.8 Å². The molecule has 1 aromatic heterocycles. The number of hydrogen-bond acceptors (Lipinski definition) is 2. The average Bonchev–Trinajstić information content (AvgIpc) is 2.76. The van der Waals surface area contributed by atoms with Gasteiger partial charge in [-0.05, 0) is 23.6 Å². The molecule has 1 N–H and O–H groups in total. The lowest BCUT2D eigenvalue weighted by molar-refractivity contribution is 0.0933. The number of nitrogens with one attached hydrogen (secondary N) is 1. The number of alkyl halides is 1. The van der Waals surface area contributed by atoms with Gasteiger partial charge in [-0.15, -0.1) is 11.6 Å². The molecule has 0 bridgehead atoms. The second-order valence-corrected chi connectivity index (χ2v) is 5.29. The summed E-state index contributed by atoms with van der Waals surface area (Å²) in [5.74, 6) is -1.11.